The Bertz CT molecular complexity index is 566. The molecular formula is C16H19ClN2. The highest BCUT2D eigenvalue weighted by atomic mass is 35.5. The van der Waals surface area contributed by atoms with Crippen molar-refractivity contribution in [3.05, 3.63) is 64.2 Å². The highest BCUT2D eigenvalue weighted by Gasteiger charge is 2.06. The summed E-state index contributed by atoms with van der Waals surface area (Å²) in [4.78, 5) is 2.25. The van der Waals surface area contributed by atoms with Crippen molar-refractivity contribution in [1.29, 1.82) is 0 Å². The van der Waals surface area contributed by atoms with Crippen LogP contribution in [0.4, 0.5) is 5.69 Å². The van der Waals surface area contributed by atoms with Crippen molar-refractivity contribution < 1.29 is 0 Å². The number of benzene rings is 2. The van der Waals surface area contributed by atoms with Crippen LogP contribution in [0.2, 0.25) is 5.02 Å². The van der Waals surface area contributed by atoms with E-state index in [2.05, 4.69) is 43.1 Å². The van der Waals surface area contributed by atoms with Gasteiger partial charge in [-0.2, -0.15) is 0 Å². The molecule has 0 aromatic heterocycles. The van der Waals surface area contributed by atoms with Crippen LogP contribution >= 0.6 is 11.6 Å². The monoisotopic (exact) mass is 274 g/mol. The number of nitrogens with two attached hydrogens (primary N) is 1. The number of anilines is 1. The van der Waals surface area contributed by atoms with E-state index < -0.39 is 0 Å². The zero-order valence-electron chi connectivity index (χ0n) is 11.4. The minimum absolute atomic E-state index is 0.683. The Balaban J connectivity index is 2.05. The molecule has 100 valence electrons. The van der Waals surface area contributed by atoms with Gasteiger partial charge < -0.3 is 5.73 Å². The average molecular weight is 275 g/mol. The Kier molecular flexibility index (Phi) is 4.46. The van der Waals surface area contributed by atoms with E-state index in [9.17, 15) is 0 Å². The normalized spacial score (nSPS) is 10.9. The smallest absolute Gasteiger partial charge is 0.0426 e. The van der Waals surface area contributed by atoms with Gasteiger partial charge in [0.25, 0.3) is 0 Å². The molecule has 0 radical (unpaired) electrons. The Labute approximate surface area is 119 Å². The minimum Gasteiger partial charge on any atom is -0.398 e. The van der Waals surface area contributed by atoms with Crippen molar-refractivity contribution >= 4 is 17.3 Å². The molecular weight excluding hydrogens is 256 g/mol. The lowest BCUT2D eigenvalue weighted by atomic mass is 10.1. The average Bonchev–Trinajstić information content (AvgIpc) is 2.36. The zero-order chi connectivity index (χ0) is 13.8. The molecule has 0 aliphatic rings. The number of halogens is 1. The van der Waals surface area contributed by atoms with Crippen molar-refractivity contribution in [2.75, 3.05) is 12.8 Å². The number of aryl methyl sites for hydroxylation is 1. The second kappa shape index (κ2) is 6.09. The highest BCUT2D eigenvalue weighted by molar-refractivity contribution is 6.30. The van der Waals surface area contributed by atoms with Gasteiger partial charge in [0.2, 0.25) is 0 Å². The second-order valence-corrected chi connectivity index (χ2v) is 5.38. The molecule has 3 heteroatoms. The van der Waals surface area contributed by atoms with E-state index in [0.717, 1.165) is 24.3 Å². The van der Waals surface area contributed by atoms with Crippen LogP contribution in [0.15, 0.2) is 42.5 Å². The van der Waals surface area contributed by atoms with Gasteiger partial charge in [-0.15, -0.1) is 0 Å². The molecule has 0 fully saturated rings. The summed E-state index contributed by atoms with van der Waals surface area (Å²) in [5, 5.41) is 0.683. The van der Waals surface area contributed by atoms with Crippen molar-refractivity contribution in [3.8, 4) is 0 Å². The molecule has 2 N–H and O–H groups in total. The third-order valence-electron chi connectivity index (χ3n) is 3.25. The third kappa shape index (κ3) is 3.72. The van der Waals surface area contributed by atoms with Crippen LogP contribution in [0.1, 0.15) is 16.7 Å². The predicted octanol–water partition coefficient (Wildman–Crippen LogP) is 3.86. The van der Waals surface area contributed by atoms with Gasteiger partial charge in [0.15, 0.2) is 0 Å². The minimum atomic E-state index is 0.683. The summed E-state index contributed by atoms with van der Waals surface area (Å²) >= 11 is 5.91. The Morgan fingerprint density at radius 3 is 2.42 bits per heavy atom. The Morgan fingerprint density at radius 1 is 1.05 bits per heavy atom. The molecule has 19 heavy (non-hydrogen) atoms. The first-order valence-electron chi connectivity index (χ1n) is 6.33. The quantitative estimate of drug-likeness (QED) is 0.858. The summed E-state index contributed by atoms with van der Waals surface area (Å²) in [5.74, 6) is 0. The number of hydrogen-bond donors (Lipinski definition) is 1. The number of nitrogen functional groups attached to an aromatic ring is 1. The summed E-state index contributed by atoms with van der Waals surface area (Å²) in [6, 6.07) is 14.1. The molecule has 0 spiro atoms. The van der Waals surface area contributed by atoms with Gasteiger partial charge in [-0.05, 0) is 42.8 Å². The lowest BCUT2D eigenvalue weighted by Gasteiger charge is -2.19. The first kappa shape index (κ1) is 13.9. The topological polar surface area (TPSA) is 29.3 Å². The van der Waals surface area contributed by atoms with E-state index in [1.807, 2.05) is 12.1 Å². The maximum Gasteiger partial charge on any atom is 0.0426 e. The molecule has 0 saturated heterocycles. The van der Waals surface area contributed by atoms with Crippen molar-refractivity contribution in [2.45, 2.75) is 20.0 Å². The lowest BCUT2D eigenvalue weighted by molar-refractivity contribution is 0.319. The van der Waals surface area contributed by atoms with E-state index in [0.29, 0.717) is 5.02 Å². The number of rotatable bonds is 4. The van der Waals surface area contributed by atoms with Crippen molar-refractivity contribution in [1.82, 2.24) is 4.90 Å². The molecule has 0 aliphatic heterocycles. The fourth-order valence-electron chi connectivity index (χ4n) is 2.13. The molecule has 0 aliphatic carbocycles. The van der Waals surface area contributed by atoms with Crippen LogP contribution in [0.5, 0.6) is 0 Å². The SMILES string of the molecule is Cc1ccccc1CN(C)Cc1ccc(Cl)cc1N. The lowest BCUT2D eigenvalue weighted by Crippen LogP contribution is -2.18. The third-order valence-corrected chi connectivity index (χ3v) is 3.48. The molecule has 0 unspecified atom stereocenters. The molecule has 0 saturated carbocycles. The first-order valence-corrected chi connectivity index (χ1v) is 6.71. The first-order chi connectivity index (χ1) is 9.06. The number of nitrogens with zero attached hydrogens (tertiary/aromatic N) is 1. The van der Waals surface area contributed by atoms with Gasteiger partial charge in [-0.25, -0.2) is 0 Å². The van der Waals surface area contributed by atoms with E-state index in [1.54, 1.807) is 6.07 Å². The van der Waals surface area contributed by atoms with Crippen molar-refractivity contribution in [2.24, 2.45) is 0 Å². The second-order valence-electron chi connectivity index (χ2n) is 4.94. The molecule has 2 nitrogen and oxygen atoms in total. The van der Waals surface area contributed by atoms with Crippen LogP contribution in [-0.4, -0.2) is 11.9 Å². The van der Waals surface area contributed by atoms with Gasteiger partial charge in [0.05, 0.1) is 0 Å². The molecule has 0 amide bonds. The molecule has 2 rings (SSSR count). The van der Waals surface area contributed by atoms with Gasteiger partial charge in [-0.3, -0.25) is 4.90 Å². The summed E-state index contributed by atoms with van der Waals surface area (Å²) in [5.41, 5.74) is 10.5. The fourth-order valence-corrected chi connectivity index (χ4v) is 2.32. The molecule has 2 aromatic rings. The van der Waals surface area contributed by atoms with Gasteiger partial charge >= 0.3 is 0 Å². The molecule has 0 atom stereocenters. The van der Waals surface area contributed by atoms with E-state index >= 15 is 0 Å². The van der Waals surface area contributed by atoms with Gasteiger partial charge in [0.1, 0.15) is 0 Å². The summed E-state index contributed by atoms with van der Waals surface area (Å²) in [7, 11) is 2.10. The molecule has 0 heterocycles. The summed E-state index contributed by atoms with van der Waals surface area (Å²) in [6.07, 6.45) is 0. The maximum absolute atomic E-state index is 5.98. The Morgan fingerprint density at radius 2 is 1.74 bits per heavy atom. The number of hydrogen-bond acceptors (Lipinski definition) is 2. The highest BCUT2D eigenvalue weighted by Crippen LogP contribution is 2.20. The summed E-state index contributed by atoms with van der Waals surface area (Å²) < 4.78 is 0. The standard InChI is InChI=1S/C16H19ClN2/c1-12-5-3-4-6-13(12)10-19(2)11-14-7-8-15(17)9-16(14)18/h3-9H,10-11,18H2,1-2H3. The van der Waals surface area contributed by atoms with Crippen LogP contribution in [0.3, 0.4) is 0 Å². The van der Waals surface area contributed by atoms with Crippen LogP contribution in [0, 0.1) is 6.92 Å². The van der Waals surface area contributed by atoms with Crippen LogP contribution in [0.25, 0.3) is 0 Å². The van der Waals surface area contributed by atoms with E-state index in [-0.39, 0.29) is 0 Å². The Hall–Kier alpha value is -1.51. The predicted molar refractivity (Wildman–Crippen MR) is 82.2 cm³/mol. The van der Waals surface area contributed by atoms with Crippen molar-refractivity contribution in [3.63, 3.8) is 0 Å². The van der Waals surface area contributed by atoms with Gasteiger partial charge in [-0.1, -0.05) is 41.9 Å². The van der Waals surface area contributed by atoms with Crippen LogP contribution < -0.4 is 5.73 Å². The zero-order valence-corrected chi connectivity index (χ0v) is 12.1. The maximum atomic E-state index is 5.98. The summed E-state index contributed by atoms with van der Waals surface area (Å²) in [6.45, 7) is 3.87. The van der Waals surface area contributed by atoms with Crippen LogP contribution in [-0.2, 0) is 13.1 Å². The van der Waals surface area contributed by atoms with E-state index in [4.69, 9.17) is 17.3 Å². The fraction of sp³-hybridized carbons (Fsp3) is 0.250. The largest absolute Gasteiger partial charge is 0.398 e. The molecule has 2 aromatic carbocycles. The van der Waals surface area contributed by atoms with E-state index in [1.165, 1.54) is 11.1 Å². The van der Waals surface area contributed by atoms with Gasteiger partial charge in [0, 0.05) is 23.8 Å². The molecule has 0 bridgehead atoms.